The SMILES string of the molecule is CC(=O)[C@H](Cc1ccccc1)NC(=O)COc1ccccc1Br. The number of ether oxygens (including phenoxy) is 1. The van der Waals surface area contributed by atoms with Crippen molar-refractivity contribution in [2.75, 3.05) is 6.61 Å². The molecule has 0 aliphatic heterocycles. The van der Waals surface area contributed by atoms with Crippen LogP contribution in [0.5, 0.6) is 5.75 Å². The lowest BCUT2D eigenvalue weighted by atomic mass is 10.0. The Labute approximate surface area is 144 Å². The third-order valence-electron chi connectivity index (χ3n) is 3.30. The Morgan fingerprint density at radius 3 is 2.39 bits per heavy atom. The number of amides is 1. The molecule has 2 aromatic carbocycles. The topological polar surface area (TPSA) is 55.4 Å². The van der Waals surface area contributed by atoms with Gasteiger partial charge in [-0.15, -0.1) is 0 Å². The predicted octanol–water partition coefficient (Wildman–Crippen LogP) is 3.14. The van der Waals surface area contributed by atoms with Gasteiger partial charge in [-0.3, -0.25) is 9.59 Å². The van der Waals surface area contributed by atoms with Gasteiger partial charge in [0.15, 0.2) is 12.4 Å². The van der Waals surface area contributed by atoms with Crippen LogP contribution in [-0.4, -0.2) is 24.3 Å². The molecule has 0 unspecified atom stereocenters. The first-order chi connectivity index (χ1) is 11.1. The molecule has 0 aromatic heterocycles. The number of Topliss-reactive ketones (excluding diaryl/α,β-unsaturated/α-hetero) is 1. The molecule has 23 heavy (non-hydrogen) atoms. The Morgan fingerprint density at radius 2 is 1.74 bits per heavy atom. The lowest BCUT2D eigenvalue weighted by molar-refractivity contribution is -0.128. The van der Waals surface area contributed by atoms with Crippen molar-refractivity contribution in [1.29, 1.82) is 0 Å². The fourth-order valence-corrected chi connectivity index (χ4v) is 2.49. The van der Waals surface area contributed by atoms with Crippen molar-refractivity contribution in [2.24, 2.45) is 0 Å². The molecule has 0 spiro atoms. The van der Waals surface area contributed by atoms with Crippen LogP contribution >= 0.6 is 15.9 Å². The van der Waals surface area contributed by atoms with Crippen LogP contribution in [0.1, 0.15) is 12.5 Å². The Hall–Kier alpha value is -2.14. The predicted molar refractivity (Wildman–Crippen MR) is 92.4 cm³/mol. The molecule has 1 atom stereocenters. The number of rotatable bonds is 7. The maximum atomic E-state index is 12.0. The number of benzene rings is 2. The van der Waals surface area contributed by atoms with Gasteiger partial charge in [0.05, 0.1) is 10.5 Å². The largest absolute Gasteiger partial charge is 0.483 e. The van der Waals surface area contributed by atoms with E-state index in [2.05, 4.69) is 21.2 Å². The summed E-state index contributed by atoms with van der Waals surface area (Å²) in [7, 11) is 0. The fourth-order valence-electron chi connectivity index (χ4n) is 2.09. The highest BCUT2D eigenvalue weighted by atomic mass is 79.9. The number of ketones is 1. The molecular formula is C18H18BrNO3. The van der Waals surface area contributed by atoms with Gasteiger partial charge in [-0.2, -0.15) is 0 Å². The Morgan fingerprint density at radius 1 is 1.09 bits per heavy atom. The van der Waals surface area contributed by atoms with Crippen molar-refractivity contribution < 1.29 is 14.3 Å². The van der Waals surface area contributed by atoms with Crippen LogP contribution in [0.25, 0.3) is 0 Å². The lowest BCUT2D eigenvalue weighted by Crippen LogP contribution is -2.43. The molecule has 1 amide bonds. The minimum Gasteiger partial charge on any atom is -0.483 e. The number of hydrogen-bond donors (Lipinski definition) is 1. The number of para-hydroxylation sites is 1. The first-order valence-corrected chi connectivity index (χ1v) is 8.06. The van der Waals surface area contributed by atoms with E-state index in [4.69, 9.17) is 4.74 Å². The van der Waals surface area contributed by atoms with Gasteiger partial charge in [-0.25, -0.2) is 0 Å². The van der Waals surface area contributed by atoms with Crippen molar-refractivity contribution in [3.05, 3.63) is 64.6 Å². The molecule has 0 aliphatic carbocycles. The van der Waals surface area contributed by atoms with Gasteiger partial charge in [0.2, 0.25) is 0 Å². The van der Waals surface area contributed by atoms with Crippen LogP contribution in [0.2, 0.25) is 0 Å². The summed E-state index contributed by atoms with van der Waals surface area (Å²) in [4.78, 5) is 23.8. The Bertz CT molecular complexity index is 673. The molecule has 4 nitrogen and oxygen atoms in total. The number of hydrogen-bond acceptors (Lipinski definition) is 3. The molecule has 0 bridgehead atoms. The average molecular weight is 376 g/mol. The highest BCUT2D eigenvalue weighted by Crippen LogP contribution is 2.23. The third kappa shape index (κ3) is 5.53. The van der Waals surface area contributed by atoms with Crippen molar-refractivity contribution in [1.82, 2.24) is 5.32 Å². The van der Waals surface area contributed by atoms with E-state index in [1.807, 2.05) is 48.5 Å². The molecule has 2 aromatic rings. The summed E-state index contributed by atoms with van der Waals surface area (Å²) in [6, 6.07) is 16.3. The van der Waals surface area contributed by atoms with Crippen LogP contribution < -0.4 is 10.1 Å². The van der Waals surface area contributed by atoms with Crippen LogP contribution in [0.15, 0.2) is 59.1 Å². The van der Waals surface area contributed by atoms with E-state index in [1.54, 1.807) is 6.07 Å². The monoisotopic (exact) mass is 375 g/mol. The zero-order chi connectivity index (χ0) is 16.7. The van der Waals surface area contributed by atoms with Crippen molar-refractivity contribution >= 4 is 27.6 Å². The van der Waals surface area contributed by atoms with Crippen molar-refractivity contribution in [2.45, 2.75) is 19.4 Å². The second kappa shape index (κ2) is 8.48. The molecule has 1 N–H and O–H groups in total. The molecule has 0 aliphatic rings. The normalized spacial score (nSPS) is 11.6. The van der Waals surface area contributed by atoms with Crippen LogP contribution in [0.4, 0.5) is 0 Å². The number of carbonyl (C=O) groups excluding carboxylic acids is 2. The van der Waals surface area contributed by atoms with Gasteiger partial charge < -0.3 is 10.1 Å². The Kier molecular flexibility index (Phi) is 6.35. The lowest BCUT2D eigenvalue weighted by Gasteiger charge is -2.16. The van der Waals surface area contributed by atoms with E-state index in [0.29, 0.717) is 12.2 Å². The first kappa shape index (κ1) is 17.2. The quantitative estimate of drug-likeness (QED) is 0.808. The molecular weight excluding hydrogens is 358 g/mol. The maximum Gasteiger partial charge on any atom is 0.258 e. The molecule has 0 radical (unpaired) electrons. The summed E-state index contributed by atoms with van der Waals surface area (Å²) < 4.78 is 6.24. The summed E-state index contributed by atoms with van der Waals surface area (Å²) >= 11 is 3.35. The second-order valence-corrected chi connectivity index (χ2v) is 5.99. The van der Waals surface area contributed by atoms with Gasteiger partial charge in [-0.1, -0.05) is 42.5 Å². The molecule has 0 fully saturated rings. The highest BCUT2D eigenvalue weighted by molar-refractivity contribution is 9.10. The minimum absolute atomic E-state index is 0.0805. The fraction of sp³-hybridized carbons (Fsp3) is 0.222. The zero-order valence-electron chi connectivity index (χ0n) is 12.8. The summed E-state index contributed by atoms with van der Waals surface area (Å²) in [6.45, 7) is 1.34. The molecule has 2 rings (SSSR count). The summed E-state index contributed by atoms with van der Waals surface area (Å²) in [5.74, 6) is 0.185. The van der Waals surface area contributed by atoms with Crippen LogP contribution in [-0.2, 0) is 16.0 Å². The van der Waals surface area contributed by atoms with E-state index < -0.39 is 6.04 Å². The summed E-state index contributed by atoms with van der Waals surface area (Å²) in [5.41, 5.74) is 1.000. The maximum absolute atomic E-state index is 12.0. The summed E-state index contributed by atoms with van der Waals surface area (Å²) in [6.07, 6.45) is 0.469. The number of nitrogens with one attached hydrogen (secondary N) is 1. The zero-order valence-corrected chi connectivity index (χ0v) is 14.4. The third-order valence-corrected chi connectivity index (χ3v) is 3.96. The molecule has 5 heteroatoms. The van der Waals surface area contributed by atoms with E-state index in [0.717, 1.165) is 10.0 Å². The van der Waals surface area contributed by atoms with E-state index >= 15 is 0 Å². The Balaban J connectivity index is 1.91. The highest BCUT2D eigenvalue weighted by Gasteiger charge is 2.18. The van der Waals surface area contributed by atoms with Gasteiger partial charge in [-0.05, 0) is 47.0 Å². The number of carbonyl (C=O) groups is 2. The molecule has 0 saturated heterocycles. The van der Waals surface area contributed by atoms with Crippen LogP contribution in [0, 0.1) is 0 Å². The standard InChI is InChI=1S/C18H18BrNO3/c1-13(21)16(11-14-7-3-2-4-8-14)20-18(22)12-23-17-10-6-5-9-15(17)19/h2-10,16H,11-12H2,1H3,(H,20,22)/t16-/m0/s1. The van der Waals surface area contributed by atoms with Crippen LogP contribution in [0.3, 0.4) is 0 Å². The second-order valence-electron chi connectivity index (χ2n) is 5.14. The molecule has 120 valence electrons. The van der Waals surface area contributed by atoms with E-state index in [-0.39, 0.29) is 18.3 Å². The van der Waals surface area contributed by atoms with Gasteiger partial charge in [0.25, 0.3) is 5.91 Å². The first-order valence-electron chi connectivity index (χ1n) is 7.27. The summed E-state index contributed by atoms with van der Waals surface area (Å²) in [5, 5.41) is 2.73. The number of halogens is 1. The smallest absolute Gasteiger partial charge is 0.258 e. The molecule has 0 saturated carbocycles. The van der Waals surface area contributed by atoms with E-state index in [9.17, 15) is 9.59 Å². The van der Waals surface area contributed by atoms with E-state index in [1.165, 1.54) is 6.92 Å². The average Bonchev–Trinajstić information content (AvgIpc) is 2.54. The van der Waals surface area contributed by atoms with Crippen molar-refractivity contribution in [3.8, 4) is 5.75 Å². The van der Waals surface area contributed by atoms with Gasteiger partial charge in [0.1, 0.15) is 5.75 Å². The van der Waals surface area contributed by atoms with Gasteiger partial charge in [0, 0.05) is 0 Å². The van der Waals surface area contributed by atoms with Gasteiger partial charge >= 0.3 is 0 Å². The van der Waals surface area contributed by atoms with Crippen molar-refractivity contribution in [3.63, 3.8) is 0 Å². The minimum atomic E-state index is -0.548. The molecule has 0 heterocycles.